The zero-order valence-corrected chi connectivity index (χ0v) is 12.6. The van der Waals surface area contributed by atoms with Gasteiger partial charge in [-0.1, -0.05) is 23.2 Å². The van der Waals surface area contributed by atoms with E-state index in [0.29, 0.717) is 21.4 Å². The first-order valence-corrected chi connectivity index (χ1v) is 6.75. The van der Waals surface area contributed by atoms with Gasteiger partial charge in [-0.2, -0.15) is 0 Å². The summed E-state index contributed by atoms with van der Waals surface area (Å²) in [6.07, 6.45) is 0. The molecule has 4 nitrogen and oxygen atoms in total. The van der Waals surface area contributed by atoms with Crippen molar-refractivity contribution in [3.8, 4) is 11.5 Å². The van der Waals surface area contributed by atoms with Gasteiger partial charge in [0.15, 0.2) is 0 Å². The fourth-order valence-electron chi connectivity index (χ4n) is 1.74. The Morgan fingerprint density at radius 1 is 1.19 bits per heavy atom. The molecule has 0 saturated heterocycles. The Balaban J connectivity index is 2.26. The van der Waals surface area contributed by atoms with E-state index in [1.54, 1.807) is 24.3 Å². The monoisotopic (exact) mass is 326 g/mol. The van der Waals surface area contributed by atoms with Gasteiger partial charge in [0, 0.05) is 21.7 Å². The van der Waals surface area contributed by atoms with E-state index in [1.165, 1.54) is 19.2 Å². The van der Waals surface area contributed by atoms with Crippen LogP contribution < -0.4 is 9.47 Å². The number of carboxylic acids is 1. The second kappa shape index (κ2) is 6.70. The SMILES string of the molecule is COc1ccc(C(=O)O)c(OCc2cc(Cl)ccc2Cl)c1. The highest BCUT2D eigenvalue weighted by Crippen LogP contribution is 2.27. The van der Waals surface area contributed by atoms with Crippen LogP contribution in [0.3, 0.4) is 0 Å². The standard InChI is InChI=1S/C15H12Cl2O4/c1-20-11-3-4-12(15(18)19)14(7-11)21-8-9-6-10(16)2-5-13(9)17/h2-7H,8H2,1H3,(H,18,19). The molecule has 6 heteroatoms. The third kappa shape index (κ3) is 3.80. The van der Waals surface area contributed by atoms with Gasteiger partial charge in [-0.05, 0) is 30.3 Å². The summed E-state index contributed by atoms with van der Waals surface area (Å²) in [4.78, 5) is 11.2. The summed E-state index contributed by atoms with van der Waals surface area (Å²) >= 11 is 11.9. The highest BCUT2D eigenvalue weighted by atomic mass is 35.5. The van der Waals surface area contributed by atoms with E-state index >= 15 is 0 Å². The summed E-state index contributed by atoms with van der Waals surface area (Å²) in [5.41, 5.74) is 0.720. The van der Waals surface area contributed by atoms with Crippen molar-refractivity contribution in [2.45, 2.75) is 6.61 Å². The molecule has 2 rings (SSSR count). The van der Waals surface area contributed by atoms with Gasteiger partial charge < -0.3 is 14.6 Å². The van der Waals surface area contributed by atoms with Crippen molar-refractivity contribution in [3.63, 3.8) is 0 Å². The predicted octanol–water partition coefficient (Wildman–Crippen LogP) is 4.28. The van der Waals surface area contributed by atoms with Crippen molar-refractivity contribution >= 4 is 29.2 Å². The lowest BCUT2D eigenvalue weighted by molar-refractivity contribution is 0.0691. The number of aromatic carboxylic acids is 1. The molecule has 0 saturated carbocycles. The minimum absolute atomic E-state index is 0.0500. The van der Waals surface area contributed by atoms with Crippen LogP contribution in [-0.4, -0.2) is 18.2 Å². The van der Waals surface area contributed by atoms with Crippen LogP contribution in [0.25, 0.3) is 0 Å². The first-order chi connectivity index (χ1) is 10.0. The quantitative estimate of drug-likeness (QED) is 0.890. The van der Waals surface area contributed by atoms with Crippen molar-refractivity contribution < 1.29 is 19.4 Å². The first-order valence-electron chi connectivity index (χ1n) is 5.99. The summed E-state index contributed by atoms with van der Waals surface area (Å²) < 4.78 is 10.6. The van der Waals surface area contributed by atoms with E-state index < -0.39 is 5.97 Å². The number of carbonyl (C=O) groups is 1. The molecule has 0 heterocycles. The van der Waals surface area contributed by atoms with Crippen LogP contribution in [-0.2, 0) is 6.61 Å². The van der Waals surface area contributed by atoms with Crippen LogP contribution in [0.4, 0.5) is 0 Å². The Hall–Kier alpha value is -1.91. The molecule has 0 unspecified atom stereocenters. The number of benzene rings is 2. The Morgan fingerprint density at radius 3 is 2.62 bits per heavy atom. The molecule has 0 atom stereocenters. The van der Waals surface area contributed by atoms with Gasteiger partial charge in [0.2, 0.25) is 0 Å². The van der Waals surface area contributed by atoms with Crippen LogP contribution >= 0.6 is 23.2 Å². The van der Waals surface area contributed by atoms with Gasteiger partial charge in [0.25, 0.3) is 0 Å². The molecule has 21 heavy (non-hydrogen) atoms. The van der Waals surface area contributed by atoms with Gasteiger partial charge in [-0.3, -0.25) is 0 Å². The van der Waals surface area contributed by atoms with Crippen LogP contribution in [0.15, 0.2) is 36.4 Å². The van der Waals surface area contributed by atoms with Crippen molar-refractivity contribution in [1.82, 2.24) is 0 Å². The minimum Gasteiger partial charge on any atom is -0.497 e. The molecule has 0 aliphatic heterocycles. The molecule has 0 bridgehead atoms. The van der Waals surface area contributed by atoms with Gasteiger partial charge >= 0.3 is 5.97 Å². The molecule has 2 aromatic carbocycles. The average molecular weight is 327 g/mol. The van der Waals surface area contributed by atoms with E-state index in [0.717, 1.165) is 0 Å². The van der Waals surface area contributed by atoms with E-state index in [4.69, 9.17) is 37.8 Å². The van der Waals surface area contributed by atoms with E-state index in [-0.39, 0.29) is 17.9 Å². The maximum absolute atomic E-state index is 11.2. The summed E-state index contributed by atoms with van der Waals surface area (Å²) in [5, 5.41) is 10.2. The molecule has 0 fully saturated rings. The smallest absolute Gasteiger partial charge is 0.339 e. The van der Waals surface area contributed by atoms with E-state index in [2.05, 4.69) is 0 Å². The third-order valence-corrected chi connectivity index (χ3v) is 3.41. The largest absolute Gasteiger partial charge is 0.497 e. The molecule has 0 radical (unpaired) electrons. The van der Waals surface area contributed by atoms with E-state index in [9.17, 15) is 4.79 Å². The summed E-state index contributed by atoms with van der Waals surface area (Å²) in [6.45, 7) is 0.104. The maximum atomic E-state index is 11.2. The fourth-order valence-corrected chi connectivity index (χ4v) is 2.10. The zero-order valence-electron chi connectivity index (χ0n) is 11.1. The molecule has 0 amide bonds. The van der Waals surface area contributed by atoms with Gasteiger partial charge in [0.1, 0.15) is 23.7 Å². The number of methoxy groups -OCH3 is 1. The molecule has 0 aliphatic carbocycles. The number of rotatable bonds is 5. The van der Waals surface area contributed by atoms with Crippen LogP contribution in [0, 0.1) is 0 Å². The molecule has 0 spiro atoms. The van der Waals surface area contributed by atoms with Crippen molar-refractivity contribution in [3.05, 3.63) is 57.6 Å². The van der Waals surface area contributed by atoms with Gasteiger partial charge in [-0.15, -0.1) is 0 Å². The Labute approximate surface area is 131 Å². The minimum atomic E-state index is -1.08. The predicted molar refractivity (Wildman–Crippen MR) is 80.7 cm³/mol. The number of halogens is 2. The molecular weight excluding hydrogens is 315 g/mol. The molecule has 1 N–H and O–H groups in total. The fraction of sp³-hybridized carbons (Fsp3) is 0.133. The molecule has 2 aromatic rings. The first kappa shape index (κ1) is 15.5. The van der Waals surface area contributed by atoms with Gasteiger partial charge in [0.05, 0.1) is 7.11 Å². The lowest BCUT2D eigenvalue weighted by Gasteiger charge is -2.12. The van der Waals surface area contributed by atoms with Crippen LogP contribution in [0.2, 0.25) is 10.0 Å². The summed E-state index contributed by atoms with van der Waals surface area (Å²) in [6, 6.07) is 9.50. The third-order valence-electron chi connectivity index (χ3n) is 2.81. The molecular formula is C15H12Cl2O4. The topological polar surface area (TPSA) is 55.8 Å². The summed E-state index contributed by atoms with van der Waals surface area (Å²) in [5.74, 6) is -0.366. The second-order valence-electron chi connectivity index (χ2n) is 4.19. The molecule has 0 aliphatic rings. The maximum Gasteiger partial charge on any atom is 0.339 e. The Bertz CT molecular complexity index is 671. The molecule has 0 aromatic heterocycles. The van der Waals surface area contributed by atoms with Crippen LogP contribution in [0.1, 0.15) is 15.9 Å². The number of carboxylic acid groups (broad SMARTS) is 1. The van der Waals surface area contributed by atoms with Crippen molar-refractivity contribution in [1.29, 1.82) is 0 Å². The number of hydrogen-bond donors (Lipinski definition) is 1. The Morgan fingerprint density at radius 2 is 1.95 bits per heavy atom. The van der Waals surface area contributed by atoms with E-state index in [1.807, 2.05) is 0 Å². The normalized spacial score (nSPS) is 10.2. The number of hydrogen-bond acceptors (Lipinski definition) is 3. The zero-order chi connectivity index (χ0) is 15.4. The van der Waals surface area contributed by atoms with Crippen molar-refractivity contribution in [2.24, 2.45) is 0 Å². The van der Waals surface area contributed by atoms with Gasteiger partial charge in [-0.25, -0.2) is 4.79 Å². The highest BCUT2D eigenvalue weighted by molar-refractivity contribution is 6.33. The lowest BCUT2D eigenvalue weighted by Crippen LogP contribution is -2.04. The number of ether oxygens (including phenoxy) is 2. The van der Waals surface area contributed by atoms with Crippen molar-refractivity contribution in [2.75, 3.05) is 7.11 Å². The second-order valence-corrected chi connectivity index (χ2v) is 5.04. The average Bonchev–Trinajstić information content (AvgIpc) is 2.47. The highest BCUT2D eigenvalue weighted by Gasteiger charge is 2.13. The van der Waals surface area contributed by atoms with Crippen LogP contribution in [0.5, 0.6) is 11.5 Å². The molecule has 110 valence electrons. The summed E-state index contributed by atoms with van der Waals surface area (Å²) in [7, 11) is 1.49. The lowest BCUT2D eigenvalue weighted by atomic mass is 10.2. The Kier molecular flexibility index (Phi) is 4.94.